The molecule has 0 aliphatic carbocycles. The highest BCUT2D eigenvalue weighted by atomic mass is 35.5. The van der Waals surface area contributed by atoms with Crippen LogP contribution in [-0.4, -0.2) is 17.0 Å². The fourth-order valence-corrected chi connectivity index (χ4v) is 1.97. The summed E-state index contributed by atoms with van der Waals surface area (Å²) in [4.78, 5) is 9.17. The van der Waals surface area contributed by atoms with E-state index in [0.717, 1.165) is 23.0 Å². The molecule has 0 atom stereocenters. The maximum Gasteiger partial charge on any atom is 0.224 e. The minimum Gasteiger partial charge on any atom is -0.327 e. The SMILES string of the molecule is Cc1cc(C)cc(N(C)c2nc(Cl)ncc2F)c1. The van der Waals surface area contributed by atoms with Crippen molar-refractivity contribution in [1.82, 2.24) is 9.97 Å². The van der Waals surface area contributed by atoms with Gasteiger partial charge in [-0.2, -0.15) is 4.98 Å². The van der Waals surface area contributed by atoms with Crippen molar-refractivity contribution in [3.8, 4) is 0 Å². The lowest BCUT2D eigenvalue weighted by Gasteiger charge is -2.19. The van der Waals surface area contributed by atoms with Gasteiger partial charge in [0.1, 0.15) is 0 Å². The lowest BCUT2D eigenvalue weighted by Crippen LogP contribution is -2.14. The zero-order chi connectivity index (χ0) is 13.3. The number of anilines is 2. The lowest BCUT2D eigenvalue weighted by molar-refractivity contribution is 0.613. The molecule has 0 amide bonds. The number of aromatic nitrogens is 2. The van der Waals surface area contributed by atoms with Crippen LogP contribution in [0.25, 0.3) is 0 Å². The van der Waals surface area contributed by atoms with Gasteiger partial charge in [0.15, 0.2) is 11.6 Å². The van der Waals surface area contributed by atoms with E-state index < -0.39 is 5.82 Å². The van der Waals surface area contributed by atoms with Gasteiger partial charge in [0.2, 0.25) is 5.28 Å². The first-order valence-corrected chi connectivity index (χ1v) is 5.85. The molecule has 0 saturated carbocycles. The summed E-state index contributed by atoms with van der Waals surface area (Å²) >= 11 is 5.70. The van der Waals surface area contributed by atoms with Gasteiger partial charge in [-0.05, 0) is 48.7 Å². The number of aryl methyl sites for hydroxylation is 2. The summed E-state index contributed by atoms with van der Waals surface area (Å²) in [6.45, 7) is 3.99. The summed E-state index contributed by atoms with van der Waals surface area (Å²) in [5.74, 6) is -0.332. The van der Waals surface area contributed by atoms with E-state index in [1.165, 1.54) is 0 Å². The van der Waals surface area contributed by atoms with E-state index >= 15 is 0 Å². The van der Waals surface area contributed by atoms with Crippen LogP contribution in [0.2, 0.25) is 5.28 Å². The molecule has 0 unspecified atom stereocenters. The highest BCUT2D eigenvalue weighted by Crippen LogP contribution is 2.26. The molecule has 2 rings (SSSR count). The van der Waals surface area contributed by atoms with Gasteiger partial charge in [-0.3, -0.25) is 0 Å². The molecule has 1 heterocycles. The third-order valence-corrected chi connectivity index (χ3v) is 2.79. The second-order valence-corrected chi connectivity index (χ2v) is 4.55. The Balaban J connectivity index is 2.47. The molecule has 0 radical (unpaired) electrons. The lowest BCUT2D eigenvalue weighted by atomic mass is 10.1. The Bertz CT molecular complexity index is 566. The molecule has 0 spiro atoms. The molecule has 0 aliphatic rings. The third kappa shape index (κ3) is 2.59. The fourth-order valence-electron chi connectivity index (χ4n) is 1.84. The van der Waals surface area contributed by atoms with E-state index in [1.54, 1.807) is 11.9 Å². The van der Waals surface area contributed by atoms with Crippen molar-refractivity contribution in [2.45, 2.75) is 13.8 Å². The van der Waals surface area contributed by atoms with Crippen molar-refractivity contribution >= 4 is 23.1 Å². The Morgan fingerprint density at radius 2 is 1.78 bits per heavy atom. The van der Waals surface area contributed by atoms with Crippen molar-refractivity contribution in [1.29, 1.82) is 0 Å². The van der Waals surface area contributed by atoms with E-state index in [0.29, 0.717) is 0 Å². The van der Waals surface area contributed by atoms with E-state index in [1.807, 2.05) is 26.0 Å². The van der Waals surface area contributed by atoms with Crippen molar-refractivity contribution in [2.24, 2.45) is 0 Å². The average Bonchev–Trinajstić information content (AvgIpc) is 2.30. The highest BCUT2D eigenvalue weighted by Gasteiger charge is 2.13. The quantitative estimate of drug-likeness (QED) is 0.776. The number of halogens is 2. The summed E-state index contributed by atoms with van der Waals surface area (Å²) in [7, 11) is 1.75. The van der Waals surface area contributed by atoms with Crippen molar-refractivity contribution in [2.75, 3.05) is 11.9 Å². The Morgan fingerprint density at radius 3 is 2.39 bits per heavy atom. The number of hydrogen-bond acceptors (Lipinski definition) is 3. The number of nitrogens with zero attached hydrogens (tertiary/aromatic N) is 3. The van der Waals surface area contributed by atoms with E-state index in [9.17, 15) is 4.39 Å². The van der Waals surface area contributed by atoms with E-state index in [2.05, 4.69) is 16.0 Å². The maximum atomic E-state index is 13.7. The molecule has 94 valence electrons. The van der Waals surface area contributed by atoms with Crippen LogP contribution in [0, 0.1) is 19.7 Å². The molecule has 0 fully saturated rings. The molecule has 1 aromatic carbocycles. The van der Waals surface area contributed by atoms with Crippen LogP contribution in [0.5, 0.6) is 0 Å². The largest absolute Gasteiger partial charge is 0.327 e. The van der Waals surface area contributed by atoms with Gasteiger partial charge in [0, 0.05) is 12.7 Å². The maximum absolute atomic E-state index is 13.7. The second-order valence-electron chi connectivity index (χ2n) is 4.22. The summed E-state index contributed by atoms with van der Waals surface area (Å²) in [5.41, 5.74) is 3.08. The number of hydrogen-bond donors (Lipinski definition) is 0. The monoisotopic (exact) mass is 265 g/mol. The third-order valence-electron chi connectivity index (χ3n) is 2.61. The van der Waals surface area contributed by atoms with Crippen molar-refractivity contribution < 1.29 is 4.39 Å². The Labute approximate surface area is 110 Å². The van der Waals surface area contributed by atoms with Gasteiger partial charge in [0.05, 0.1) is 6.20 Å². The Hall–Kier alpha value is -1.68. The van der Waals surface area contributed by atoms with Gasteiger partial charge in [-0.1, -0.05) is 6.07 Å². The van der Waals surface area contributed by atoms with Gasteiger partial charge in [-0.15, -0.1) is 0 Å². The van der Waals surface area contributed by atoms with Gasteiger partial charge in [-0.25, -0.2) is 9.37 Å². The highest BCUT2D eigenvalue weighted by molar-refractivity contribution is 6.28. The standard InChI is InChI=1S/C13H13ClFN3/c1-8-4-9(2)6-10(5-8)18(3)12-11(15)7-16-13(14)17-12/h4-7H,1-3H3. The first-order valence-electron chi connectivity index (χ1n) is 5.47. The normalized spacial score (nSPS) is 10.5. The van der Waals surface area contributed by atoms with E-state index in [4.69, 9.17) is 11.6 Å². The number of rotatable bonds is 2. The molecule has 3 nitrogen and oxygen atoms in total. The van der Waals surface area contributed by atoms with Gasteiger partial charge >= 0.3 is 0 Å². The van der Waals surface area contributed by atoms with Gasteiger partial charge in [0.25, 0.3) is 0 Å². The molecule has 0 aliphatic heterocycles. The van der Waals surface area contributed by atoms with Crippen LogP contribution in [0.15, 0.2) is 24.4 Å². The molecular weight excluding hydrogens is 253 g/mol. The molecule has 5 heteroatoms. The fraction of sp³-hybridized carbons (Fsp3) is 0.231. The van der Waals surface area contributed by atoms with Crippen molar-refractivity contribution in [3.05, 3.63) is 46.6 Å². The van der Waals surface area contributed by atoms with Crippen LogP contribution in [0.3, 0.4) is 0 Å². The molecule has 0 N–H and O–H groups in total. The number of benzene rings is 1. The zero-order valence-electron chi connectivity index (χ0n) is 10.4. The van der Waals surface area contributed by atoms with Crippen LogP contribution in [0.1, 0.15) is 11.1 Å². The zero-order valence-corrected chi connectivity index (χ0v) is 11.2. The molecule has 18 heavy (non-hydrogen) atoms. The first kappa shape index (κ1) is 12.8. The molecule has 0 saturated heterocycles. The van der Waals surface area contributed by atoms with Crippen LogP contribution in [-0.2, 0) is 0 Å². The smallest absolute Gasteiger partial charge is 0.224 e. The predicted octanol–water partition coefficient (Wildman–Crippen LogP) is 3.65. The summed E-state index contributed by atoms with van der Waals surface area (Å²) < 4.78 is 13.7. The molecule has 0 bridgehead atoms. The van der Waals surface area contributed by atoms with Crippen LogP contribution < -0.4 is 4.90 Å². The van der Waals surface area contributed by atoms with E-state index in [-0.39, 0.29) is 11.1 Å². The van der Waals surface area contributed by atoms with Crippen LogP contribution in [0.4, 0.5) is 15.9 Å². The molecular formula is C13H13ClFN3. The first-order chi connectivity index (χ1) is 8.47. The Morgan fingerprint density at radius 1 is 1.17 bits per heavy atom. The summed E-state index contributed by atoms with van der Waals surface area (Å²) in [6.07, 6.45) is 1.07. The minimum absolute atomic E-state index is 0.0302. The predicted molar refractivity (Wildman–Crippen MR) is 71.0 cm³/mol. The minimum atomic E-state index is -0.499. The Kier molecular flexibility index (Phi) is 3.48. The average molecular weight is 266 g/mol. The summed E-state index contributed by atoms with van der Waals surface area (Å²) in [6, 6.07) is 5.98. The van der Waals surface area contributed by atoms with Crippen LogP contribution >= 0.6 is 11.6 Å². The van der Waals surface area contributed by atoms with Crippen molar-refractivity contribution in [3.63, 3.8) is 0 Å². The molecule has 2 aromatic rings. The summed E-state index contributed by atoms with van der Waals surface area (Å²) in [5, 5.41) is 0.0302. The topological polar surface area (TPSA) is 29.0 Å². The molecule has 1 aromatic heterocycles. The second kappa shape index (κ2) is 4.90. The van der Waals surface area contributed by atoms with Gasteiger partial charge < -0.3 is 4.90 Å².